The zero-order valence-electron chi connectivity index (χ0n) is 14.1. The van der Waals surface area contributed by atoms with E-state index in [9.17, 15) is 0 Å². The van der Waals surface area contributed by atoms with Gasteiger partial charge in [0.25, 0.3) is 0 Å². The molecule has 4 heteroatoms. The Morgan fingerprint density at radius 2 is 1.09 bits per heavy atom. The predicted molar refractivity (Wildman–Crippen MR) is 108 cm³/mol. The van der Waals surface area contributed by atoms with E-state index in [1.807, 2.05) is 0 Å². The summed E-state index contributed by atoms with van der Waals surface area (Å²) in [7, 11) is 0. The first-order valence-electron chi connectivity index (χ1n) is 7.86. The number of halogens is 2. The summed E-state index contributed by atoms with van der Waals surface area (Å²) in [6.45, 7) is 8.66. The fourth-order valence-electron chi connectivity index (χ4n) is 2.79. The number of benzene rings is 2. The normalized spacial score (nSPS) is 11.5. The van der Waals surface area contributed by atoms with Crippen LogP contribution in [0.3, 0.4) is 0 Å². The smallest absolute Gasteiger partial charge is 0.0493 e. The van der Waals surface area contributed by atoms with Gasteiger partial charge in [-0.15, -0.1) is 0 Å². The standard InChI is InChI=1S/C19H24Br2N2/c1-10(2)14-6-12(8-16(20)18(14)22)5-13-7-15(11(3)4)19(23)17(21)9-13/h6-11H,5,22-23H2,1-4H3. The van der Waals surface area contributed by atoms with Gasteiger partial charge in [0.15, 0.2) is 0 Å². The summed E-state index contributed by atoms with van der Waals surface area (Å²) >= 11 is 7.18. The minimum absolute atomic E-state index is 0.399. The first-order valence-corrected chi connectivity index (χ1v) is 9.44. The van der Waals surface area contributed by atoms with Crippen LogP contribution in [-0.4, -0.2) is 0 Å². The van der Waals surface area contributed by atoms with Crippen LogP contribution >= 0.6 is 31.9 Å². The molecule has 0 saturated carbocycles. The lowest BCUT2D eigenvalue weighted by Crippen LogP contribution is -2.02. The highest BCUT2D eigenvalue weighted by atomic mass is 79.9. The number of hydrogen-bond acceptors (Lipinski definition) is 2. The van der Waals surface area contributed by atoms with E-state index in [0.29, 0.717) is 11.8 Å². The lowest BCUT2D eigenvalue weighted by Gasteiger charge is -2.16. The SMILES string of the molecule is CC(C)c1cc(Cc2cc(Br)c(N)c(C(C)C)c2)cc(Br)c1N. The van der Waals surface area contributed by atoms with Crippen molar-refractivity contribution in [3.63, 3.8) is 0 Å². The number of nitrogen functional groups attached to an aromatic ring is 2. The Balaban J connectivity index is 2.44. The van der Waals surface area contributed by atoms with E-state index in [2.05, 4.69) is 83.8 Å². The molecule has 2 aromatic carbocycles. The quantitative estimate of drug-likeness (QED) is 0.556. The molecule has 23 heavy (non-hydrogen) atoms. The monoisotopic (exact) mass is 438 g/mol. The molecule has 2 nitrogen and oxygen atoms in total. The van der Waals surface area contributed by atoms with Crippen LogP contribution in [0, 0.1) is 0 Å². The Bertz CT molecular complexity index is 660. The van der Waals surface area contributed by atoms with Crippen molar-refractivity contribution in [3.8, 4) is 0 Å². The Kier molecular flexibility index (Phi) is 5.79. The molecular weight excluding hydrogens is 416 g/mol. The number of nitrogens with two attached hydrogens (primary N) is 2. The molecule has 0 saturated heterocycles. The van der Waals surface area contributed by atoms with E-state index >= 15 is 0 Å². The third-order valence-electron chi connectivity index (χ3n) is 4.09. The van der Waals surface area contributed by atoms with Crippen LogP contribution < -0.4 is 11.5 Å². The van der Waals surface area contributed by atoms with E-state index in [-0.39, 0.29) is 0 Å². The molecule has 0 spiro atoms. The lowest BCUT2D eigenvalue weighted by molar-refractivity contribution is 0.862. The van der Waals surface area contributed by atoms with Crippen LogP contribution in [-0.2, 0) is 6.42 Å². The summed E-state index contributed by atoms with van der Waals surface area (Å²) < 4.78 is 1.94. The molecule has 2 rings (SSSR count). The summed E-state index contributed by atoms with van der Waals surface area (Å²) in [4.78, 5) is 0. The van der Waals surface area contributed by atoms with Gasteiger partial charge in [-0.2, -0.15) is 0 Å². The fraction of sp³-hybridized carbons (Fsp3) is 0.368. The first-order chi connectivity index (χ1) is 10.7. The molecule has 0 amide bonds. The highest BCUT2D eigenvalue weighted by Crippen LogP contribution is 2.34. The van der Waals surface area contributed by atoms with E-state index in [1.165, 1.54) is 22.3 Å². The highest BCUT2D eigenvalue weighted by molar-refractivity contribution is 9.11. The van der Waals surface area contributed by atoms with Crippen molar-refractivity contribution in [1.29, 1.82) is 0 Å². The van der Waals surface area contributed by atoms with Crippen molar-refractivity contribution in [2.45, 2.75) is 46.0 Å². The van der Waals surface area contributed by atoms with Crippen LogP contribution in [0.25, 0.3) is 0 Å². The Morgan fingerprint density at radius 3 is 1.39 bits per heavy atom. The van der Waals surface area contributed by atoms with Crippen LogP contribution in [0.2, 0.25) is 0 Å². The number of anilines is 2. The molecular formula is C19H24Br2N2. The van der Waals surface area contributed by atoms with Crippen LogP contribution in [0.4, 0.5) is 11.4 Å². The topological polar surface area (TPSA) is 52.0 Å². The third kappa shape index (κ3) is 4.10. The van der Waals surface area contributed by atoms with Gasteiger partial charge in [-0.1, -0.05) is 39.8 Å². The summed E-state index contributed by atoms with van der Waals surface area (Å²) in [6.07, 6.45) is 0.858. The number of hydrogen-bond donors (Lipinski definition) is 2. The summed E-state index contributed by atoms with van der Waals surface area (Å²) in [5.41, 5.74) is 18.9. The van der Waals surface area contributed by atoms with Gasteiger partial charge in [0.2, 0.25) is 0 Å². The predicted octanol–water partition coefficient (Wildman–Crippen LogP) is 6.21. The summed E-state index contributed by atoms with van der Waals surface area (Å²) in [6, 6.07) is 8.65. The molecule has 124 valence electrons. The second-order valence-electron chi connectivity index (χ2n) is 6.65. The maximum absolute atomic E-state index is 6.18. The van der Waals surface area contributed by atoms with E-state index in [0.717, 1.165) is 26.7 Å². The summed E-state index contributed by atoms with van der Waals surface area (Å²) in [5.74, 6) is 0.797. The molecule has 0 aliphatic heterocycles. The largest absolute Gasteiger partial charge is 0.398 e. The van der Waals surface area contributed by atoms with Crippen molar-refractivity contribution in [2.24, 2.45) is 0 Å². The van der Waals surface area contributed by atoms with E-state index in [1.54, 1.807) is 0 Å². The molecule has 4 N–H and O–H groups in total. The highest BCUT2D eigenvalue weighted by Gasteiger charge is 2.13. The fourth-order valence-corrected chi connectivity index (χ4v) is 3.84. The Labute approximate surface area is 155 Å². The van der Waals surface area contributed by atoms with Gasteiger partial charge in [-0.3, -0.25) is 0 Å². The maximum Gasteiger partial charge on any atom is 0.0493 e. The second-order valence-corrected chi connectivity index (χ2v) is 8.36. The van der Waals surface area contributed by atoms with Gasteiger partial charge in [0, 0.05) is 20.3 Å². The van der Waals surface area contributed by atoms with Gasteiger partial charge in [-0.25, -0.2) is 0 Å². The maximum atomic E-state index is 6.18. The minimum Gasteiger partial charge on any atom is -0.398 e. The molecule has 0 bridgehead atoms. The van der Waals surface area contributed by atoms with Crippen molar-refractivity contribution in [3.05, 3.63) is 55.5 Å². The zero-order valence-corrected chi connectivity index (χ0v) is 17.3. The van der Waals surface area contributed by atoms with Gasteiger partial charge in [-0.05, 0) is 84.5 Å². The molecule has 0 aromatic heterocycles. The zero-order chi connectivity index (χ0) is 17.3. The molecule has 0 radical (unpaired) electrons. The molecule has 2 aromatic rings. The van der Waals surface area contributed by atoms with Gasteiger partial charge in [0.05, 0.1) is 0 Å². The first kappa shape index (κ1) is 18.3. The minimum atomic E-state index is 0.399. The second kappa shape index (κ2) is 7.27. The summed E-state index contributed by atoms with van der Waals surface area (Å²) in [5, 5.41) is 0. The molecule has 0 aliphatic carbocycles. The average Bonchev–Trinajstić information content (AvgIpc) is 2.45. The number of rotatable bonds is 4. The molecule has 0 unspecified atom stereocenters. The lowest BCUT2D eigenvalue weighted by atomic mass is 9.93. The molecule has 0 fully saturated rings. The van der Waals surface area contributed by atoms with Crippen LogP contribution in [0.1, 0.15) is 61.8 Å². The van der Waals surface area contributed by atoms with Gasteiger partial charge >= 0.3 is 0 Å². The van der Waals surface area contributed by atoms with E-state index in [4.69, 9.17) is 11.5 Å². The average molecular weight is 440 g/mol. The molecule has 0 heterocycles. The third-order valence-corrected chi connectivity index (χ3v) is 5.41. The van der Waals surface area contributed by atoms with Crippen LogP contribution in [0.5, 0.6) is 0 Å². The van der Waals surface area contributed by atoms with Crippen molar-refractivity contribution in [2.75, 3.05) is 11.5 Å². The van der Waals surface area contributed by atoms with Crippen molar-refractivity contribution < 1.29 is 0 Å². The van der Waals surface area contributed by atoms with Gasteiger partial charge in [0.1, 0.15) is 0 Å². The Hall–Kier alpha value is -1.00. The molecule has 0 atom stereocenters. The van der Waals surface area contributed by atoms with Crippen molar-refractivity contribution >= 4 is 43.2 Å². The van der Waals surface area contributed by atoms with Gasteiger partial charge < -0.3 is 11.5 Å². The van der Waals surface area contributed by atoms with Crippen LogP contribution in [0.15, 0.2) is 33.2 Å². The molecule has 0 aliphatic rings. The van der Waals surface area contributed by atoms with E-state index < -0.39 is 0 Å². The Morgan fingerprint density at radius 1 is 0.739 bits per heavy atom. The van der Waals surface area contributed by atoms with Crippen molar-refractivity contribution in [1.82, 2.24) is 0 Å².